The summed E-state index contributed by atoms with van der Waals surface area (Å²) in [5.74, 6) is 0.395. The number of carbonyl (C=O) groups excluding carboxylic acids is 1. The number of anilines is 1. The summed E-state index contributed by atoms with van der Waals surface area (Å²) in [7, 11) is 0. The maximum atomic E-state index is 12.6. The quantitative estimate of drug-likeness (QED) is 0.671. The van der Waals surface area contributed by atoms with Crippen molar-refractivity contribution in [2.45, 2.75) is 20.4 Å². The Labute approximate surface area is 158 Å². The van der Waals surface area contributed by atoms with Crippen molar-refractivity contribution < 1.29 is 9.69 Å². The molecule has 0 saturated heterocycles. The summed E-state index contributed by atoms with van der Waals surface area (Å²) in [5, 5.41) is 3.56. The number of amides is 1. The third-order valence-electron chi connectivity index (χ3n) is 4.68. The zero-order chi connectivity index (χ0) is 18.5. The third-order valence-corrected chi connectivity index (χ3v) is 4.93. The molecule has 5 nitrogen and oxygen atoms in total. The zero-order valence-electron chi connectivity index (χ0n) is 15.1. The molecule has 0 aliphatic rings. The largest absolute Gasteiger partial charge is 0.334 e. The number of hydrogen-bond donors (Lipinski definition) is 2. The number of para-hydroxylation sites is 2. The molecule has 0 spiro atoms. The van der Waals surface area contributed by atoms with Gasteiger partial charge in [-0.05, 0) is 50.2 Å². The SMILES string of the molecule is CC[NH+](CC)CCn1c(NC(=O)c2ccc(Cl)cc2)nc2ccccc21. The van der Waals surface area contributed by atoms with Gasteiger partial charge in [0.05, 0.1) is 37.2 Å². The first-order valence-corrected chi connectivity index (χ1v) is 9.36. The summed E-state index contributed by atoms with van der Waals surface area (Å²) in [4.78, 5) is 18.7. The first-order valence-electron chi connectivity index (χ1n) is 8.98. The van der Waals surface area contributed by atoms with E-state index in [1.165, 1.54) is 4.90 Å². The Morgan fingerprint density at radius 1 is 1.12 bits per heavy atom. The molecule has 0 fully saturated rings. The van der Waals surface area contributed by atoms with Crippen LogP contribution in [-0.4, -0.2) is 35.1 Å². The highest BCUT2D eigenvalue weighted by Gasteiger charge is 2.15. The number of carbonyl (C=O) groups is 1. The van der Waals surface area contributed by atoms with Crippen molar-refractivity contribution in [3.63, 3.8) is 0 Å². The van der Waals surface area contributed by atoms with Crippen LogP contribution in [0.15, 0.2) is 48.5 Å². The predicted molar refractivity (Wildman–Crippen MR) is 106 cm³/mol. The van der Waals surface area contributed by atoms with E-state index in [4.69, 9.17) is 11.6 Å². The number of benzene rings is 2. The summed E-state index contributed by atoms with van der Waals surface area (Å²) in [6, 6.07) is 14.8. The molecule has 2 N–H and O–H groups in total. The van der Waals surface area contributed by atoms with Gasteiger partial charge in [0.25, 0.3) is 5.91 Å². The second-order valence-electron chi connectivity index (χ2n) is 6.24. The zero-order valence-corrected chi connectivity index (χ0v) is 15.9. The molecule has 3 aromatic rings. The van der Waals surface area contributed by atoms with Crippen LogP contribution in [0.3, 0.4) is 0 Å². The van der Waals surface area contributed by atoms with E-state index < -0.39 is 0 Å². The van der Waals surface area contributed by atoms with E-state index in [0.717, 1.165) is 37.2 Å². The van der Waals surface area contributed by atoms with Crippen LogP contribution < -0.4 is 10.2 Å². The predicted octanol–water partition coefficient (Wildman–Crippen LogP) is 2.87. The fraction of sp³-hybridized carbons (Fsp3) is 0.300. The highest BCUT2D eigenvalue weighted by atomic mass is 35.5. The van der Waals surface area contributed by atoms with Gasteiger partial charge in [-0.2, -0.15) is 0 Å². The molecule has 0 saturated carbocycles. The third kappa shape index (κ3) is 4.06. The van der Waals surface area contributed by atoms with E-state index in [1.54, 1.807) is 24.3 Å². The van der Waals surface area contributed by atoms with Crippen LogP contribution in [0.25, 0.3) is 11.0 Å². The van der Waals surface area contributed by atoms with Gasteiger partial charge in [0, 0.05) is 10.6 Å². The van der Waals surface area contributed by atoms with Crippen molar-refractivity contribution in [1.82, 2.24) is 9.55 Å². The lowest BCUT2D eigenvalue weighted by Crippen LogP contribution is -3.11. The van der Waals surface area contributed by atoms with Crippen LogP contribution in [0, 0.1) is 0 Å². The number of hydrogen-bond acceptors (Lipinski definition) is 2. The van der Waals surface area contributed by atoms with Gasteiger partial charge in [-0.3, -0.25) is 10.1 Å². The monoisotopic (exact) mass is 371 g/mol. The molecule has 3 rings (SSSR count). The minimum atomic E-state index is -0.187. The van der Waals surface area contributed by atoms with Gasteiger partial charge < -0.3 is 9.47 Å². The number of quaternary nitrogens is 1. The van der Waals surface area contributed by atoms with E-state index in [0.29, 0.717) is 16.5 Å². The van der Waals surface area contributed by atoms with Crippen molar-refractivity contribution in [3.8, 4) is 0 Å². The normalized spacial score (nSPS) is 11.2. The van der Waals surface area contributed by atoms with Crippen LogP contribution in [0.2, 0.25) is 5.02 Å². The van der Waals surface area contributed by atoms with Gasteiger partial charge >= 0.3 is 0 Å². The maximum absolute atomic E-state index is 12.6. The molecule has 0 atom stereocenters. The topological polar surface area (TPSA) is 51.4 Å². The van der Waals surface area contributed by atoms with Crippen molar-refractivity contribution >= 4 is 34.5 Å². The number of imidazole rings is 1. The highest BCUT2D eigenvalue weighted by Crippen LogP contribution is 2.20. The number of nitrogens with one attached hydrogen (secondary N) is 2. The number of halogens is 1. The first kappa shape index (κ1) is 18.4. The minimum Gasteiger partial charge on any atom is -0.334 e. The second kappa shape index (κ2) is 8.34. The standard InChI is InChI=1S/C20H23ClN4O/c1-3-24(4-2)13-14-25-18-8-6-5-7-17(18)22-20(25)23-19(26)15-9-11-16(21)12-10-15/h5-12H,3-4,13-14H2,1-2H3,(H,22,23,26)/p+1. The fourth-order valence-electron chi connectivity index (χ4n) is 3.05. The molecule has 6 heteroatoms. The lowest BCUT2D eigenvalue weighted by molar-refractivity contribution is -0.897. The molecule has 0 aliphatic carbocycles. The summed E-state index contributed by atoms with van der Waals surface area (Å²) in [6.45, 7) is 8.32. The molecule has 0 bridgehead atoms. The van der Waals surface area contributed by atoms with E-state index in [-0.39, 0.29) is 5.91 Å². The number of nitrogens with zero attached hydrogens (tertiary/aromatic N) is 2. The van der Waals surface area contributed by atoms with Crippen LogP contribution in [0.1, 0.15) is 24.2 Å². The smallest absolute Gasteiger partial charge is 0.257 e. The van der Waals surface area contributed by atoms with Gasteiger partial charge in [-0.25, -0.2) is 4.98 Å². The molecule has 0 radical (unpaired) electrons. The average molecular weight is 372 g/mol. The second-order valence-corrected chi connectivity index (χ2v) is 6.68. The first-order chi connectivity index (χ1) is 12.6. The Morgan fingerprint density at radius 2 is 1.81 bits per heavy atom. The van der Waals surface area contributed by atoms with Crippen LogP contribution in [-0.2, 0) is 6.54 Å². The number of aromatic nitrogens is 2. The van der Waals surface area contributed by atoms with E-state index in [1.807, 2.05) is 24.3 Å². The molecule has 2 aromatic carbocycles. The van der Waals surface area contributed by atoms with Crippen molar-refractivity contribution in [1.29, 1.82) is 0 Å². The highest BCUT2D eigenvalue weighted by molar-refractivity contribution is 6.30. The molecule has 136 valence electrons. The Kier molecular flexibility index (Phi) is 5.91. The summed E-state index contributed by atoms with van der Waals surface area (Å²) < 4.78 is 2.09. The number of likely N-dealkylation sites (N-methyl/N-ethyl adjacent to an activating group) is 1. The van der Waals surface area contributed by atoms with Gasteiger partial charge in [-0.15, -0.1) is 0 Å². The molecule has 0 unspecified atom stereocenters. The van der Waals surface area contributed by atoms with Crippen LogP contribution in [0.5, 0.6) is 0 Å². The summed E-state index contributed by atoms with van der Waals surface area (Å²) in [6.07, 6.45) is 0. The van der Waals surface area contributed by atoms with Gasteiger partial charge in [0.15, 0.2) is 0 Å². The Balaban J connectivity index is 1.87. The molecule has 1 amide bonds. The van der Waals surface area contributed by atoms with E-state index in [2.05, 4.69) is 28.7 Å². The lowest BCUT2D eigenvalue weighted by Gasteiger charge is -2.17. The van der Waals surface area contributed by atoms with Crippen LogP contribution in [0.4, 0.5) is 5.95 Å². The van der Waals surface area contributed by atoms with Crippen molar-refractivity contribution in [2.75, 3.05) is 25.0 Å². The van der Waals surface area contributed by atoms with Crippen LogP contribution >= 0.6 is 11.6 Å². The molecule has 0 aliphatic heterocycles. The molecule has 1 heterocycles. The Hall–Kier alpha value is -2.37. The van der Waals surface area contributed by atoms with Gasteiger partial charge in [-0.1, -0.05) is 23.7 Å². The summed E-state index contributed by atoms with van der Waals surface area (Å²) >= 11 is 5.90. The van der Waals surface area contributed by atoms with Gasteiger partial charge in [0.2, 0.25) is 5.95 Å². The Morgan fingerprint density at radius 3 is 2.50 bits per heavy atom. The summed E-state index contributed by atoms with van der Waals surface area (Å²) in [5.41, 5.74) is 2.47. The minimum absolute atomic E-state index is 0.187. The van der Waals surface area contributed by atoms with E-state index >= 15 is 0 Å². The maximum Gasteiger partial charge on any atom is 0.257 e. The Bertz CT molecular complexity index is 884. The molecule has 1 aromatic heterocycles. The molecular formula is C20H24ClN4O+. The van der Waals surface area contributed by atoms with E-state index in [9.17, 15) is 4.79 Å². The van der Waals surface area contributed by atoms with Gasteiger partial charge in [0.1, 0.15) is 0 Å². The molecular weight excluding hydrogens is 348 g/mol. The number of rotatable bonds is 7. The number of fused-ring (bicyclic) bond motifs is 1. The molecule has 26 heavy (non-hydrogen) atoms. The fourth-order valence-corrected chi connectivity index (χ4v) is 3.17. The lowest BCUT2D eigenvalue weighted by atomic mass is 10.2. The van der Waals surface area contributed by atoms with Crippen molar-refractivity contribution in [3.05, 3.63) is 59.1 Å². The average Bonchev–Trinajstić information content (AvgIpc) is 3.00. The van der Waals surface area contributed by atoms with Crippen molar-refractivity contribution in [2.24, 2.45) is 0 Å².